The van der Waals surface area contributed by atoms with Gasteiger partial charge in [-0.2, -0.15) is 0 Å². The van der Waals surface area contributed by atoms with Crippen LogP contribution in [0.15, 0.2) is 57.3 Å². The Labute approximate surface area is 216 Å². The van der Waals surface area contributed by atoms with Crippen molar-refractivity contribution in [3.63, 3.8) is 0 Å². The van der Waals surface area contributed by atoms with Gasteiger partial charge in [0.05, 0.1) is 0 Å². The van der Waals surface area contributed by atoms with Gasteiger partial charge in [-0.05, 0) is 52.2 Å². The zero-order chi connectivity index (χ0) is 27.8. The highest BCUT2D eigenvalue weighted by molar-refractivity contribution is 5.92. The third-order valence-corrected chi connectivity index (χ3v) is 6.44. The molecule has 5 N–H and O–H groups in total. The number of phenols is 4. The van der Waals surface area contributed by atoms with E-state index in [1.807, 2.05) is 53.7 Å². The lowest BCUT2D eigenvalue weighted by atomic mass is 9.78. The fraction of sp³-hybridized carbons (Fsp3) is 0.300. The summed E-state index contributed by atoms with van der Waals surface area (Å²) >= 11 is 0. The number of phenolic OH excluding ortho intramolecular Hbond substituents is 4. The van der Waals surface area contributed by atoms with E-state index in [0.717, 1.165) is 17.2 Å². The van der Waals surface area contributed by atoms with Crippen molar-refractivity contribution >= 4 is 11.0 Å². The average Bonchev–Trinajstić information content (AvgIpc) is 2.81. The van der Waals surface area contributed by atoms with Crippen molar-refractivity contribution in [2.45, 2.75) is 59.8 Å². The summed E-state index contributed by atoms with van der Waals surface area (Å²) in [4.78, 5) is 13.4. The first-order valence-corrected chi connectivity index (χ1v) is 11.9. The second-order valence-electron chi connectivity index (χ2n) is 10.2. The van der Waals surface area contributed by atoms with E-state index in [9.17, 15) is 30.3 Å². The molecule has 0 aliphatic heterocycles. The number of aromatic hydroxyl groups is 5. The van der Waals surface area contributed by atoms with E-state index in [2.05, 4.69) is 6.58 Å². The van der Waals surface area contributed by atoms with Crippen LogP contribution in [0.4, 0.5) is 0 Å². The van der Waals surface area contributed by atoms with Crippen molar-refractivity contribution in [3.05, 3.63) is 75.0 Å². The Hall–Kier alpha value is -4.13. The Morgan fingerprint density at radius 2 is 1.43 bits per heavy atom. The first-order valence-electron chi connectivity index (χ1n) is 11.9. The van der Waals surface area contributed by atoms with Gasteiger partial charge in [-0.15, -0.1) is 6.58 Å². The van der Waals surface area contributed by atoms with Crippen molar-refractivity contribution in [2.24, 2.45) is 0 Å². The summed E-state index contributed by atoms with van der Waals surface area (Å²) < 4.78 is 6.16. The Bertz CT molecular complexity index is 1510. The zero-order valence-electron chi connectivity index (χ0n) is 22.1. The Kier molecular flexibility index (Phi) is 7.49. The van der Waals surface area contributed by atoms with Crippen molar-refractivity contribution in [2.75, 3.05) is 0 Å². The van der Waals surface area contributed by atoms with Gasteiger partial charge >= 0.3 is 0 Å². The minimum atomic E-state index is -0.893. The molecular weight excluding hydrogens is 472 g/mol. The molecule has 0 radical (unpaired) electrons. The fourth-order valence-electron chi connectivity index (χ4n) is 4.14. The minimum Gasteiger partial charge on any atom is -0.507 e. The van der Waals surface area contributed by atoms with Crippen LogP contribution in [0.2, 0.25) is 0 Å². The molecule has 0 unspecified atom stereocenters. The van der Waals surface area contributed by atoms with Gasteiger partial charge < -0.3 is 29.9 Å². The normalized spacial score (nSPS) is 11.4. The minimum absolute atomic E-state index is 0.0871. The first kappa shape index (κ1) is 27.5. The topological polar surface area (TPSA) is 131 Å². The lowest BCUT2D eigenvalue weighted by Gasteiger charge is -2.27. The van der Waals surface area contributed by atoms with Crippen LogP contribution in [0.3, 0.4) is 0 Å². The molecule has 2 aromatic carbocycles. The maximum Gasteiger partial charge on any atom is 0.238 e. The molecule has 1 aromatic heterocycles. The molecule has 3 aromatic rings. The summed E-state index contributed by atoms with van der Waals surface area (Å²) in [5, 5.41) is 53.4. The van der Waals surface area contributed by atoms with E-state index in [-0.39, 0.29) is 57.8 Å². The number of hydrogen-bond donors (Lipinski definition) is 5. The number of hydrogen-bond acceptors (Lipinski definition) is 7. The van der Waals surface area contributed by atoms with Crippen molar-refractivity contribution in [1.82, 2.24) is 0 Å². The highest BCUT2D eigenvalue weighted by atomic mass is 16.4. The monoisotopic (exact) mass is 506 g/mol. The van der Waals surface area contributed by atoms with Gasteiger partial charge in [-0.25, -0.2) is 0 Å². The molecule has 1 heterocycles. The lowest BCUT2D eigenvalue weighted by molar-refractivity contribution is 0.398. The van der Waals surface area contributed by atoms with Gasteiger partial charge in [0, 0.05) is 28.2 Å². The summed E-state index contributed by atoms with van der Waals surface area (Å²) in [7, 11) is 0. The van der Waals surface area contributed by atoms with Gasteiger partial charge in [0.25, 0.3) is 0 Å². The molecule has 0 saturated carbocycles. The molecule has 0 spiro atoms. The Morgan fingerprint density at radius 3 is 1.97 bits per heavy atom. The van der Waals surface area contributed by atoms with Crippen LogP contribution in [0, 0.1) is 0 Å². The van der Waals surface area contributed by atoms with Gasteiger partial charge in [-0.3, -0.25) is 4.79 Å². The van der Waals surface area contributed by atoms with Crippen LogP contribution in [0.5, 0.6) is 28.7 Å². The number of benzene rings is 2. The number of fused-ring (bicyclic) bond motifs is 1. The maximum absolute atomic E-state index is 13.4. The van der Waals surface area contributed by atoms with E-state index in [1.54, 1.807) is 6.08 Å². The lowest BCUT2D eigenvalue weighted by Crippen LogP contribution is -2.16. The molecule has 196 valence electrons. The molecule has 37 heavy (non-hydrogen) atoms. The van der Waals surface area contributed by atoms with Crippen LogP contribution < -0.4 is 5.43 Å². The Morgan fingerprint density at radius 1 is 0.865 bits per heavy atom. The molecule has 0 saturated heterocycles. The van der Waals surface area contributed by atoms with E-state index in [4.69, 9.17) is 4.42 Å². The molecule has 7 heteroatoms. The third kappa shape index (κ3) is 5.07. The maximum atomic E-state index is 13.4. The van der Waals surface area contributed by atoms with Crippen LogP contribution in [-0.4, -0.2) is 25.5 Å². The summed E-state index contributed by atoms with van der Waals surface area (Å²) in [6.45, 7) is 15.1. The predicted molar refractivity (Wildman–Crippen MR) is 146 cm³/mol. The molecule has 0 aliphatic carbocycles. The fourth-order valence-corrected chi connectivity index (χ4v) is 4.14. The molecule has 0 amide bonds. The molecule has 0 fully saturated rings. The van der Waals surface area contributed by atoms with Crippen molar-refractivity contribution in [3.8, 4) is 40.1 Å². The molecule has 0 aliphatic rings. The molecule has 0 bridgehead atoms. The molecule has 7 nitrogen and oxygen atoms in total. The summed E-state index contributed by atoms with van der Waals surface area (Å²) in [6.07, 6.45) is 5.67. The standard InChI is InChI=1S/C30H34O7/c1-8-30(6,7)19-13-22(33)25(34)18(12-10-16(4)5)23(19)29-27(36)26(35)24-21(32)14-20(31)17(28(24)37-29)11-9-15(2)3/h8-10,13-14,31-34,36H,1,11-12H2,2-7H3. The predicted octanol–water partition coefficient (Wildman–Crippen LogP) is 6.47. The smallest absolute Gasteiger partial charge is 0.238 e. The molecular formula is C30H34O7. The van der Waals surface area contributed by atoms with E-state index < -0.39 is 28.1 Å². The number of allylic oxidation sites excluding steroid dienone is 5. The van der Waals surface area contributed by atoms with Gasteiger partial charge in [0.1, 0.15) is 22.5 Å². The van der Waals surface area contributed by atoms with E-state index in [0.29, 0.717) is 5.56 Å². The van der Waals surface area contributed by atoms with Crippen molar-refractivity contribution < 1.29 is 29.9 Å². The second kappa shape index (κ2) is 10.1. The van der Waals surface area contributed by atoms with Crippen molar-refractivity contribution in [1.29, 1.82) is 0 Å². The SMILES string of the molecule is C=CC(C)(C)c1cc(O)c(O)c(CC=C(C)C)c1-c1oc2c(CC=C(C)C)c(O)cc(O)c2c(=O)c1O. The van der Waals surface area contributed by atoms with E-state index >= 15 is 0 Å². The van der Waals surface area contributed by atoms with Crippen LogP contribution >= 0.6 is 0 Å². The average molecular weight is 507 g/mol. The molecule has 3 rings (SSSR count). The van der Waals surface area contributed by atoms with Crippen LogP contribution in [-0.2, 0) is 18.3 Å². The zero-order valence-corrected chi connectivity index (χ0v) is 22.1. The second-order valence-corrected chi connectivity index (χ2v) is 10.2. The van der Waals surface area contributed by atoms with E-state index in [1.165, 1.54) is 6.07 Å². The van der Waals surface area contributed by atoms with Gasteiger partial charge in [0.15, 0.2) is 17.3 Å². The largest absolute Gasteiger partial charge is 0.507 e. The van der Waals surface area contributed by atoms with Crippen LogP contribution in [0.1, 0.15) is 58.2 Å². The summed E-state index contributed by atoms with van der Waals surface area (Å²) in [5.74, 6) is -2.61. The van der Waals surface area contributed by atoms with Crippen LogP contribution in [0.25, 0.3) is 22.3 Å². The number of rotatable bonds is 7. The first-order chi connectivity index (χ1) is 17.2. The highest BCUT2D eigenvalue weighted by Crippen LogP contribution is 2.48. The quantitative estimate of drug-likeness (QED) is 0.183. The molecule has 0 atom stereocenters. The Balaban J connectivity index is 2.60. The highest BCUT2D eigenvalue weighted by Gasteiger charge is 2.31. The third-order valence-electron chi connectivity index (χ3n) is 6.44. The summed E-state index contributed by atoms with van der Waals surface area (Å²) in [6, 6.07) is 2.40. The van der Waals surface area contributed by atoms with Gasteiger partial charge in [-0.1, -0.05) is 43.2 Å². The summed E-state index contributed by atoms with van der Waals surface area (Å²) in [5.41, 5.74) is 1.29. The van der Waals surface area contributed by atoms with Gasteiger partial charge in [0.2, 0.25) is 11.2 Å².